The number of ether oxygens (including phenoxy) is 1. The minimum absolute atomic E-state index is 0.0268. The molecule has 0 aliphatic heterocycles. The third-order valence-electron chi connectivity index (χ3n) is 2.01. The van der Waals surface area contributed by atoms with E-state index in [1.54, 1.807) is 0 Å². The molecule has 0 amide bonds. The molecule has 0 spiro atoms. The lowest BCUT2D eigenvalue weighted by atomic mass is 10.1. The molecule has 3 heteroatoms. The van der Waals surface area contributed by atoms with Gasteiger partial charge >= 0.3 is 0 Å². The number of hydrogen-bond acceptors (Lipinski definition) is 2. The van der Waals surface area contributed by atoms with E-state index in [2.05, 4.69) is 0 Å². The van der Waals surface area contributed by atoms with Gasteiger partial charge in [0.15, 0.2) is 0 Å². The third kappa shape index (κ3) is 3.29. The van der Waals surface area contributed by atoms with Crippen LogP contribution < -0.4 is 0 Å². The van der Waals surface area contributed by atoms with E-state index < -0.39 is 0 Å². The highest BCUT2D eigenvalue weighted by atomic mass is 35.5. The van der Waals surface area contributed by atoms with E-state index in [1.807, 2.05) is 31.2 Å². The van der Waals surface area contributed by atoms with Gasteiger partial charge in [0, 0.05) is 18.1 Å². The Balaban J connectivity index is 2.62. The molecule has 0 saturated carbocycles. The molecule has 78 valence electrons. The standard InChI is InChI=1S/C11H15ClO2/c1-2-14-10(8-13)7-9-5-3-4-6-11(9)12/h3-6,10,13H,2,7-8H2,1H3. The lowest BCUT2D eigenvalue weighted by molar-refractivity contribution is 0.0207. The Kier molecular flexibility index (Phi) is 4.94. The van der Waals surface area contributed by atoms with Gasteiger partial charge in [-0.05, 0) is 18.6 Å². The summed E-state index contributed by atoms with van der Waals surface area (Å²) in [5, 5.41) is 9.77. The molecule has 1 aromatic carbocycles. The fourth-order valence-electron chi connectivity index (χ4n) is 1.32. The molecule has 0 fully saturated rings. The summed E-state index contributed by atoms with van der Waals surface area (Å²) in [4.78, 5) is 0. The molecule has 0 aromatic heterocycles. The van der Waals surface area contributed by atoms with E-state index in [9.17, 15) is 0 Å². The van der Waals surface area contributed by atoms with Crippen LogP contribution in [0.4, 0.5) is 0 Å². The van der Waals surface area contributed by atoms with Crippen LogP contribution in [-0.2, 0) is 11.2 Å². The molecule has 1 rings (SSSR count). The summed E-state index contributed by atoms with van der Waals surface area (Å²) in [6, 6.07) is 7.61. The first-order valence-electron chi connectivity index (χ1n) is 4.73. The van der Waals surface area contributed by atoms with E-state index >= 15 is 0 Å². The van der Waals surface area contributed by atoms with Crippen molar-refractivity contribution in [3.63, 3.8) is 0 Å². The summed E-state index contributed by atoms with van der Waals surface area (Å²) >= 11 is 5.99. The molecule has 14 heavy (non-hydrogen) atoms. The monoisotopic (exact) mass is 214 g/mol. The highest BCUT2D eigenvalue weighted by Crippen LogP contribution is 2.17. The second-order valence-corrected chi connectivity index (χ2v) is 3.46. The van der Waals surface area contributed by atoms with E-state index in [0.717, 1.165) is 10.6 Å². The van der Waals surface area contributed by atoms with Gasteiger partial charge in [-0.25, -0.2) is 0 Å². The van der Waals surface area contributed by atoms with Crippen LogP contribution in [0.1, 0.15) is 12.5 Å². The Labute approximate surface area is 89.5 Å². The molecule has 1 aromatic rings. The summed E-state index contributed by atoms with van der Waals surface area (Å²) in [5.41, 5.74) is 1.02. The molecule has 0 saturated heterocycles. The summed E-state index contributed by atoms with van der Waals surface area (Å²) in [7, 11) is 0. The van der Waals surface area contributed by atoms with Gasteiger partial charge in [0.05, 0.1) is 12.7 Å². The average Bonchev–Trinajstić information content (AvgIpc) is 2.20. The Morgan fingerprint density at radius 2 is 2.14 bits per heavy atom. The first kappa shape index (κ1) is 11.5. The first-order valence-corrected chi connectivity index (χ1v) is 5.11. The van der Waals surface area contributed by atoms with Crippen LogP contribution in [0, 0.1) is 0 Å². The van der Waals surface area contributed by atoms with Crippen molar-refractivity contribution in [3.05, 3.63) is 34.9 Å². The van der Waals surface area contributed by atoms with Gasteiger partial charge in [-0.2, -0.15) is 0 Å². The van der Waals surface area contributed by atoms with Crippen LogP contribution in [0.3, 0.4) is 0 Å². The van der Waals surface area contributed by atoms with E-state index in [4.69, 9.17) is 21.4 Å². The van der Waals surface area contributed by atoms with Gasteiger partial charge < -0.3 is 9.84 Å². The van der Waals surface area contributed by atoms with Crippen LogP contribution in [0.25, 0.3) is 0 Å². The molecule has 1 N–H and O–H groups in total. The van der Waals surface area contributed by atoms with Crippen LogP contribution in [0.5, 0.6) is 0 Å². The average molecular weight is 215 g/mol. The molecule has 0 aliphatic carbocycles. The second-order valence-electron chi connectivity index (χ2n) is 3.06. The van der Waals surface area contributed by atoms with Gasteiger partial charge in [0.1, 0.15) is 0 Å². The zero-order valence-corrected chi connectivity index (χ0v) is 9.00. The maximum atomic E-state index is 9.04. The van der Waals surface area contributed by atoms with Crippen molar-refractivity contribution >= 4 is 11.6 Å². The lowest BCUT2D eigenvalue weighted by Crippen LogP contribution is -2.20. The van der Waals surface area contributed by atoms with Crippen LogP contribution in [-0.4, -0.2) is 24.4 Å². The number of aliphatic hydroxyl groups is 1. The molecular formula is C11H15ClO2. The van der Waals surface area contributed by atoms with E-state index in [-0.39, 0.29) is 12.7 Å². The Hall–Kier alpha value is -0.570. The van der Waals surface area contributed by atoms with Gasteiger partial charge in [-0.1, -0.05) is 29.8 Å². The van der Waals surface area contributed by atoms with Gasteiger partial charge in [-0.3, -0.25) is 0 Å². The fraction of sp³-hybridized carbons (Fsp3) is 0.455. The maximum Gasteiger partial charge on any atom is 0.0846 e. The molecule has 0 bridgehead atoms. The van der Waals surface area contributed by atoms with Crippen molar-refractivity contribution in [2.24, 2.45) is 0 Å². The zero-order chi connectivity index (χ0) is 10.4. The summed E-state index contributed by atoms with van der Waals surface area (Å²) in [6.07, 6.45) is 0.504. The van der Waals surface area contributed by atoms with Crippen LogP contribution in [0.15, 0.2) is 24.3 Å². The minimum atomic E-state index is -0.153. The molecular weight excluding hydrogens is 200 g/mol. The largest absolute Gasteiger partial charge is 0.394 e. The quantitative estimate of drug-likeness (QED) is 0.815. The second kappa shape index (κ2) is 6.02. The van der Waals surface area contributed by atoms with Crippen molar-refractivity contribution in [3.8, 4) is 0 Å². The summed E-state index contributed by atoms with van der Waals surface area (Å²) < 4.78 is 5.34. The van der Waals surface area contributed by atoms with E-state index in [1.165, 1.54) is 0 Å². The Bertz CT molecular complexity index is 276. The number of aliphatic hydroxyl groups excluding tert-OH is 1. The topological polar surface area (TPSA) is 29.5 Å². The van der Waals surface area contributed by atoms with Crippen LogP contribution >= 0.6 is 11.6 Å². The van der Waals surface area contributed by atoms with Crippen molar-refractivity contribution in [2.45, 2.75) is 19.4 Å². The van der Waals surface area contributed by atoms with Crippen molar-refractivity contribution in [2.75, 3.05) is 13.2 Å². The predicted octanol–water partition coefficient (Wildman–Crippen LogP) is 2.28. The van der Waals surface area contributed by atoms with E-state index in [0.29, 0.717) is 13.0 Å². The van der Waals surface area contributed by atoms with Crippen molar-refractivity contribution in [1.82, 2.24) is 0 Å². The number of hydrogen-bond donors (Lipinski definition) is 1. The summed E-state index contributed by atoms with van der Waals surface area (Å²) in [6.45, 7) is 2.55. The smallest absolute Gasteiger partial charge is 0.0846 e. The van der Waals surface area contributed by atoms with Gasteiger partial charge in [0.2, 0.25) is 0 Å². The van der Waals surface area contributed by atoms with Crippen LogP contribution in [0.2, 0.25) is 5.02 Å². The molecule has 1 atom stereocenters. The number of rotatable bonds is 5. The normalized spacial score (nSPS) is 12.8. The maximum absolute atomic E-state index is 9.04. The minimum Gasteiger partial charge on any atom is -0.394 e. The van der Waals surface area contributed by atoms with Gasteiger partial charge in [0.25, 0.3) is 0 Å². The highest BCUT2D eigenvalue weighted by molar-refractivity contribution is 6.31. The first-order chi connectivity index (χ1) is 6.77. The molecule has 1 unspecified atom stereocenters. The molecule has 0 heterocycles. The Morgan fingerprint density at radius 1 is 1.43 bits per heavy atom. The zero-order valence-electron chi connectivity index (χ0n) is 8.24. The van der Waals surface area contributed by atoms with Crippen molar-refractivity contribution < 1.29 is 9.84 Å². The number of benzene rings is 1. The SMILES string of the molecule is CCOC(CO)Cc1ccccc1Cl. The predicted molar refractivity (Wildman–Crippen MR) is 57.7 cm³/mol. The third-order valence-corrected chi connectivity index (χ3v) is 2.38. The fourth-order valence-corrected chi connectivity index (χ4v) is 1.53. The highest BCUT2D eigenvalue weighted by Gasteiger charge is 2.09. The van der Waals surface area contributed by atoms with Gasteiger partial charge in [-0.15, -0.1) is 0 Å². The molecule has 0 aliphatic rings. The summed E-state index contributed by atoms with van der Waals surface area (Å²) in [5.74, 6) is 0. The van der Waals surface area contributed by atoms with Crippen molar-refractivity contribution in [1.29, 1.82) is 0 Å². The Morgan fingerprint density at radius 3 is 2.71 bits per heavy atom. The lowest BCUT2D eigenvalue weighted by Gasteiger charge is -2.14. The molecule has 0 radical (unpaired) electrons. The number of halogens is 1. The molecule has 2 nitrogen and oxygen atoms in total.